The SMILES string of the molecule is Fc1cccc(Cl)c1C(Br)c1ccc2c(c1)CCCC2. The normalized spacial score (nSPS) is 15.8. The van der Waals surface area contributed by atoms with Gasteiger partial charge < -0.3 is 0 Å². The van der Waals surface area contributed by atoms with Crippen molar-refractivity contribution in [2.45, 2.75) is 30.5 Å². The second-order valence-electron chi connectivity index (χ2n) is 5.23. The van der Waals surface area contributed by atoms with E-state index in [1.165, 1.54) is 30.0 Å². The summed E-state index contributed by atoms with van der Waals surface area (Å²) in [5.41, 5.74) is 4.41. The molecule has 1 unspecified atom stereocenters. The van der Waals surface area contributed by atoms with Gasteiger partial charge in [0.15, 0.2) is 0 Å². The summed E-state index contributed by atoms with van der Waals surface area (Å²) in [6.07, 6.45) is 4.78. The summed E-state index contributed by atoms with van der Waals surface area (Å²) in [7, 11) is 0. The van der Waals surface area contributed by atoms with E-state index in [1.807, 2.05) is 0 Å². The van der Waals surface area contributed by atoms with Gasteiger partial charge in [0.2, 0.25) is 0 Å². The third-order valence-corrected chi connectivity index (χ3v) is 5.23. The van der Waals surface area contributed by atoms with Crippen LogP contribution in [0.3, 0.4) is 0 Å². The minimum atomic E-state index is -0.267. The lowest BCUT2D eigenvalue weighted by atomic mass is 9.89. The van der Waals surface area contributed by atoms with Crippen LogP contribution in [-0.2, 0) is 12.8 Å². The quantitative estimate of drug-likeness (QED) is 0.595. The van der Waals surface area contributed by atoms with Crippen LogP contribution in [0.15, 0.2) is 36.4 Å². The monoisotopic (exact) mass is 352 g/mol. The van der Waals surface area contributed by atoms with E-state index >= 15 is 0 Å². The van der Waals surface area contributed by atoms with E-state index in [4.69, 9.17) is 11.6 Å². The Morgan fingerprint density at radius 1 is 1.05 bits per heavy atom. The molecule has 0 nitrogen and oxygen atoms in total. The molecule has 0 aliphatic heterocycles. The lowest BCUT2D eigenvalue weighted by Crippen LogP contribution is -2.05. The van der Waals surface area contributed by atoms with Gasteiger partial charge in [-0.1, -0.05) is 51.8 Å². The summed E-state index contributed by atoms with van der Waals surface area (Å²) >= 11 is 9.75. The summed E-state index contributed by atoms with van der Waals surface area (Å²) in [5.74, 6) is -0.267. The van der Waals surface area contributed by atoms with E-state index in [0.717, 1.165) is 18.4 Å². The van der Waals surface area contributed by atoms with Crippen LogP contribution in [0.1, 0.15) is 39.9 Å². The molecule has 0 saturated heterocycles. The van der Waals surface area contributed by atoms with E-state index in [2.05, 4.69) is 34.1 Å². The maximum atomic E-state index is 14.0. The van der Waals surface area contributed by atoms with Crippen molar-refractivity contribution in [3.05, 3.63) is 69.5 Å². The van der Waals surface area contributed by atoms with Crippen LogP contribution in [0.4, 0.5) is 4.39 Å². The molecule has 2 aromatic carbocycles. The van der Waals surface area contributed by atoms with E-state index < -0.39 is 0 Å². The Labute approximate surface area is 132 Å². The summed E-state index contributed by atoms with van der Waals surface area (Å²) in [4.78, 5) is -0.205. The molecule has 0 fully saturated rings. The molecule has 1 atom stereocenters. The first kappa shape index (κ1) is 14.1. The maximum Gasteiger partial charge on any atom is 0.129 e. The van der Waals surface area contributed by atoms with Gasteiger partial charge in [-0.2, -0.15) is 0 Å². The third kappa shape index (κ3) is 2.64. The summed E-state index contributed by atoms with van der Waals surface area (Å²) in [6, 6.07) is 11.3. The zero-order valence-electron chi connectivity index (χ0n) is 11.0. The molecule has 104 valence electrons. The molecule has 2 aromatic rings. The maximum absolute atomic E-state index is 14.0. The lowest BCUT2D eigenvalue weighted by molar-refractivity contribution is 0.613. The highest BCUT2D eigenvalue weighted by molar-refractivity contribution is 9.09. The Morgan fingerprint density at radius 2 is 1.80 bits per heavy atom. The van der Waals surface area contributed by atoms with Crippen LogP contribution < -0.4 is 0 Å². The first-order valence-electron chi connectivity index (χ1n) is 6.86. The number of alkyl halides is 1. The Hall–Kier alpha value is -0.860. The second kappa shape index (κ2) is 5.87. The third-order valence-electron chi connectivity index (χ3n) is 3.92. The fourth-order valence-corrected chi connectivity index (χ4v) is 3.98. The highest BCUT2D eigenvalue weighted by Crippen LogP contribution is 2.38. The Morgan fingerprint density at radius 3 is 2.55 bits per heavy atom. The van der Waals surface area contributed by atoms with Crippen molar-refractivity contribution in [1.82, 2.24) is 0 Å². The van der Waals surface area contributed by atoms with Crippen LogP contribution >= 0.6 is 27.5 Å². The Bertz CT molecular complexity index is 619. The molecule has 0 N–H and O–H groups in total. The van der Waals surface area contributed by atoms with Gasteiger partial charge in [0, 0.05) is 10.6 Å². The topological polar surface area (TPSA) is 0 Å². The van der Waals surface area contributed by atoms with Crippen molar-refractivity contribution < 1.29 is 4.39 Å². The fraction of sp³-hybridized carbons (Fsp3) is 0.294. The summed E-state index contributed by atoms with van der Waals surface area (Å²) < 4.78 is 14.0. The average Bonchev–Trinajstić information content (AvgIpc) is 2.46. The zero-order valence-corrected chi connectivity index (χ0v) is 13.3. The van der Waals surface area contributed by atoms with Gasteiger partial charge in [-0.25, -0.2) is 4.39 Å². The Balaban J connectivity index is 2.00. The standard InChI is InChI=1S/C17H15BrClF/c18-17(16-14(19)6-3-7-15(16)20)13-9-8-11-4-1-2-5-12(11)10-13/h3,6-10,17H,1-2,4-5H2. The second-order valence-corrected chi connectivity index (χ2v) is 6.56. The molecule has 0 radical (unpaired) electrons. The van der Waals surface area contributed by atoms with Crippen LogP contribution in [0.5, 0.6) is 0 Å². The minimum absolute atomic E-state index is 0.205. The largest absolute Gasteiger partial charge is 0.207 e. The molecule has 0 aromatic heterocycles. The van der Waals surface area contributed by atoms with Gasteiger partial charge in [-0.05, 0) is 54.5 Å². The van der Waals surface area contributed by atoms with Crippen molar-refractivity contribution in [3.63, 3.8) is 0 Å². The number of fused-ring (bicyclic) bond motifs is 1. The smallest absolute Gasteiger partial charge is 0.129 e. The molecule has 3 rings (SSSR count). The van der Waals surface area contributed by atoms with Gasteiger partial charge in [0.25, 0.3) is 0 Å². The molecule has 0 amide bonds. The molecule has 0 saturated carbocycles. The van der Waals surface area contributed by atoms with E-state index in [9.17, 15) is 4.39 Å². The van der Waals surface area contributed by atoms with Crippen LogP contribution in [-0.4, -0.2) is 0 Å². The molecule has 1 aliphatic rings. The van der Waals surface area contributed by atoms with Gasteiger partial charge in [0.05, 0.1) is 4.83 Å². The van der Waals surface area contributed by atoms with Crippen molar-refractivity contribution in [1.29, 1.82) is 0 Å². The fourth-order valence-electron chi connectivity index (χ4n) is 2.83. The average molecular weight is 354 g/mol. The van der Waals surface area contributed by atoms with Crippen LogP contribution in [0.2, 0.25) is 5.02 Å². The van der Waals surface area contributed by atoms with E-state index in [-0.39, 0.29) is 10.6 Å². The van der Waals surface area contributed by atoms with Crippen molar-refractivity contribution in [2.75, 3.05) is 0 Å². The van der Waals surface area contributed by atoms with Crippen molar-refractivity contribution in [3.8, 4) is 0 Å². The number of hydrogen-bond donors (Lipinski definition) is 0. The first-order chi connectivity index (χ1) is 9.66. The summed E-state index contributed by atoms with van der Waals surface area (Å²) in [6.45, 7) is 0. The molecule has 1 aliphatic carbocycles. The highest BCUT2D eigenvalue weighted by Gasteiger charge is 2.19. The van der Waals surface area contributed by atoms with Gasteiger partial charge >= 0.3 is 0 Å². The highest BCUT2D eigenvalue weighted by atomic mass is 79.9. The number of hydrogen-bond acceptors (Lipinski definition) is 0. The molecule has 0 heterocycles. The van der Waals surface area contributed by atoms with E-state index in [1.54, 1.807) is 12.1 Å². The minimum Gasteiger partial charge on any atom is -0.207 e. The molecule has 3 heteroatoms. The summed E-state index contributed by atoms with van der Waals surface area (Å²) in [5, 5.41) is 0.463. The molecule has 0 bridgehead atoms. The number of aryl methyl sites for hydroxylation is 2. The van der Waals surface area contributed by atoms with Gasteiger partial charge in [-0.15, -0.1) is 0 Å². The molecular formula is C17H15BrClF. The van der Waals surface area contributed by atoms with E-state index in [0.29, 0.717) is 10.6 Å². The van der Waals surface area contributed by atoms with Gasteiger partial charge in [-0.3, -0.25) is 0 Å². The zero-order chi connectivity index (χ0) is 14.1. The number of rotatable bonds is 2. The van der Waals surface area contributed by atoms with Crippen LogP contribution in [0, 0.1) is 5.82 Å². The Kier molecular flexibility index (Phi) is 4.13. The first-order valence-corrected chi connectivity index (χ1v) is 8.16. The predicted molar refractivity (Wildman–Crippen MR) is 85.3 cm³/mol. The molecule has 0 spiro atoms. The molecular weight excluding hydrogens is 339 g/mol. The lowest BCUT2D eigenvalue weighted by Gasteiger charge is -2.19. The van der Waals surface area contributed by atoms with Crippen molar-refractivity contribution >= 4 is 27.5 Å². The predicted octanol–water partition coefficient (Wildman–Crippen LogP) is 5.84. The molecule has 20 heavy (non-hydrogen) atoms. The number of benzene rings is 2. The number of halogens is 3. The van der Waals surface area contributed by atoms with Crippen molar-refractivity contribution in [2.24, 2.45) is 0 Å². The van der Waals surface area contributed by atoms with Gasteiger partial charge in [0.1, 0.15) is 5.82 Å². The van der Waals surface area contributed by atoms with Crippen LogP contribution in [0.25, 0.3) is 0 Å².